The molecule has 0 spiro atoms. The van der Waals surface area contributed by atoms with E-state index in [0.29, 0.717) is 5.69 Å². The van der Waals surface area contributed by atoms with Crippen molar-refractivity contribution in [3.05, 3.63) is 45.8 Å². The van der Waals surface area contributed by atoms with E-state index < -0.39 is 0 Å². The van der Waals surface area contributed by atoms with E-state index in [1.54, 1.807) is 6.92 Å². The molecule has 1 heterocycles. The lowest BCUT2D eigenvalue weighted by Gasteiger charge is -2.12. The van der Waals surface area contributed by atoms with Crippen LogP contribution in [0.15, 0.2) is 12.1 Å². The van der Waals surface area contributed by atoms with Crippen molar-refractivity contribution in [1.29, 1.82) is 5.26 Å². The zero-order valence-electron chi connectivity index (χ0n) is 12.5. The molecule has 0 aliphatic heterocycles. The van der Waals surface area contributed by atoms with Crippen LogP contribution in [0.3, 0.4) is 0 Å². The lowest BCUT2D eigenvalue weighted by molar-refractivity contribution is 0.827. The highest BCUT2D eigenvalue weighted by atomic mass is 15.3. The highest BCUT2D eigenvalue weighted by Gasteiger charge is 2.16. The lowest BCUT2D eigenvalue weighted by atomic mass is 10.0. The largest absolute Gasteiger partial charge is 0.235 e. The van der Waals surface area contributed by atoms with Gasteiger partial charge in [0.25, 0.3) is 0 Å². The second-order valence-corrected chi connectivity index (χ2v) is 4.95. The normalized spacial score (nSPS) is 9.80. The minimum absolute atomic E-state index is 0.385. The Labute approximate surface area is 119 Å². The zero-order valence-corrected chi connectivity index (χ0v) is 12.5. The number of nitriles is 1. The van der Waals surface area contributed by atoms with Gasteiger partial charge < -0.3 is 0 Å². The van der Waals surface area contributed by atoms with Gasteiger partial charge in [-0.1, -0.05) is 23.6 Å². The van der Waals surface area contributed by atoms with Crippen LogP contribution in [0.5, 0.6) is 0 Å². The summed E-state index contributed by atoms with van der Waals surface area (Å²) in [5, 5.41) is 13.6. The lowest BCUT2D eigenvalue weighted by Crippen LogP contribution is -2.05. The summed E-state index contributed by atoms with van der Waals surface area (Å²) in [7, 11) is 0. The first kappa shape index (κ1) is 13.9. The van der Waals surface area contributed by atoms with Crippen LogP contribution in [0.4, 0.5) is 0 Å². The van der Waals surface area contributed by atoms with Crippen LogP contribution in [0.25, 0.3) is 5.69 Å². The molecule has 0 saturated carbocycles. The van der Waals surface area contributed by atoms with E-state index >= 15 is 0 Å². The van der Waals surface area contributed by atoms with Gasteiger partial charge in [-0.05, 0) is 45.7 Å². The molecule has 2 rings (SSSR count). The van der Waals surface area contributed by atoms with Crippen molar-refractivity contribution in [3.8, 4) is 23.6 Å². The Morgan fingerprint density at radius 1 is 1.10 bits per heavy atom. The molecule has 20 heavy (non-hydrogen) atoms. The first-order valence-electron chi connectivity index (χ1n) is 6.50. The van der Waals surface area contributed by atoms with Crippen LogP contribution in [0.1, 0.15) is 40.6 Å². The molecule has 0 amide bonds. The van der Waals surface area contributed by atoms with Crippen LogP contribution >= 0.6 is 0 Å². The topological polar surface area (TPSA) is 41.6 Å². The van der Waals surface area contributed by atoms with Gasteiger partial charge in [-0.25, -0.2) is 4.68 Å². The number of hydrogen-bond acceptors (Lipinski definition) is 2. The molecule has 2 aromatic rings. The quantitative estimate of drug-likeness (QED) is 0.740. The molecule has 1 aromatic heterocycles. The summed E-state index contributed by atoms with van der Waals surface area (Å²) in [6.07, 6.45) is 0. The standard InChI is InChI=1S/C17H17N3/c1-6-7-15-14(5)20(19-16(15)10-18)17-12(3)8-11(2)9-13(17)4/h8-9H,1-5H3. The summed E-state index contributed by atoms with van der Waals surface area (Å²) in [4.78, 5) is 0. The molecule has 0 fully saturated rings. The van der Waals surface area contributed by atoms with Crippen molar-refractivity contribution in [2.75, 3.05) is 0 Å². The number of aromatic nitrogens is 2. The molecular formula is C17H17N3. The molecule has 0 saturated heterocycles. The SMILES string of the molecule is CC#Cc1c(C#N)nn(-c2c(C)cc(C)cc2C)c1C. The third-order valence-electron chi connectivity index (χ3n) is 3.32. The molecule has 3 heteroatoms. The van der Waals surface area contributed by atoms with Crippen LogP contribution in [0.2, 0.25) is 0 Å². The molecule has 1 aromatic carbocycles. The van der Waals surface area contributed by atoms with Gasteiger partial charge in [0.1, 0.15) is 6.07 Å². The van der Waals surface area contributed by atoms with Gasteiger partial charge in [0.2, 0.25) is 0 Å². The van der Waals surface area contributed by atoms with E-state index in [1.165, 1.54) is 5.56 Å². The van der Waals surface area contributed by atoms with Crippen molar-refractivity contribution >= 4 is 0 Å². The average Bonchev–Trinajstić information content (AvgIpc) is 2.67. The Morgan fingerprint density at radius 3 is 2.20 bits per heavy atom. The monoisotopic (exact) mass is 263 g/mol. The third kappa shape index (κ3) is 2.19. The summed E-state index contributed by atoms with van der Waals surface area (Å²) >= 11 is 0. The van der Waals surface area contributed by atoms with Crippen molar-refractivity contribution in [3.63, 3.8) is 0 Å². The number of nitrogens with zero attached hydrogens (tertiary/aromatic N) is 3. The van der Waals surface area contributed by atoms with E-state index in [1.807, 2.05) is 11.6 Å². The molecule has 100 valence electrons. The second-order valence-electron chi connectivity index (χ2n) is 4.95. The fourth-order valence-electron chi connectivity index (χ4n) is 2.58. The second kappa shape index (κ2) is 5.23. The van der Waals surface area contributed by atoms with E-state index in [4.69, 9.17) is 0 Å². The molecule has 3 nitrogen and oxygen atoms in total. The van der Waals surface area contributed by atoms with Gasteiger partial charge in [-0.15, -0.1) is 5.92 Å². The smallest absolute Gasteiger partial charge is 0.178 e. The van der Waals surface area contributed by atoms with Crippen LogP contribution < -0.4 is 0 Å². The van der Waals surface area contributed by atoms with Gasteiger partial charge in [-0.2, -0.15) is 10.4 Å². The Balaban J connectivity index is 2.78. The van der Waals surface area contributed by atoms with Gasteiger partial charge in [-0.3, -0.25) is 0 Å². The zero-order chi connectivity index (χ0) is 14.9. The average molecular weight is 263 g/mol. The predicted octanol–water partition coefficient (Wildman–Crippen LogP) is 3.35. The summed E-state index contributed by atoms with van der Waals surface area (Å²) < 4.78 is 1.84. The van der Waals surface area contributed by atoms with Crippen molar-refractivity contribution in [1.82, 2.24) is 9.78 Å². The first-order chi connectivity index (χ1) is 9.49. The summed E-state index contributed by atoms with van der Waals surface area (Å²) in [5.41, 5.74) is 6.56. The maximum absolute atomic E-state index is 9.22. The van der Waals surface area contributed by atoms with E-state index in [-0.39, 0.29) is 0 Å². The van der Waals surface area contributed by atoms with Crippen LogP contribution in [0, 0.1) is 50.9 Å². The Kier molecular flexibility index (Phi) is 3.63. The van der Waals surface area contributed by atoms with Crippen molar-refractivity contribution < 1.29 is 0 Å². The summed E-state index contributed by atoms with van der Waals surface area (Å²) in [5.74, 6) is 5.83. The molecule has 0 atom stereocenters. The van der Waals surface area contributed by atoms with E-state index in [0.717, 1.165) is 28.1 Å². The molecule has 0 N–H and O–H groups in total. The fraction of sp³-hybridized carbons (Fsp3) is 0.294. The number of benzene rings is 1. The minimum atomic E-state index is 0.385. The highest BCUT2D eigenvalue weighted by Crippen LogP contribution is 2.24. The first-order valence-corrected chi connectivity index (χ1v) is 6.50. The van der Waals surface area contributed by atoms with Crippen LogP contribution in [-0.2, 0) is 0 Å². The van der Waals surface area contributed by atoms with E-state index in [2.05, 4.69) is 55.9 Å². The Bertz CT molecular complexity index is 754. The highest BCUT2D eigenvalue weighted by molar-refractivity contribution is 5.54. The summed E-state index contributed by atoms with van der Waals surface area (Å²) in [6, 6.07) is 6.38. The maximum atomic E-state index is 9.22. The summed E-state index contributed by atoms with van der Waals surface area (Å²) in [6.45, 7) is 9.92. The minimum Gasteiger partial charge on any atom is -0.235 e. The molecule has 0 bridgehead atoms. The predicted molar refractivity (Wildman–Crippen MR) is 79.8 cm³/mol. The van der Waals surface area contributed by atoms with Crippen molar-refractivity contribution in [2.24, 2.45) is 0 Å². The van der Waals surface area contributed by atoms with E-state index in [9.17, 15) is 5.26 Å². The van der Waals surface area contributed by atoms with Gasteiger partial charge in [0.15, 0.2) is 5.69 Å². The van der Waals surface area contributed by atoms with Crippen molar-refractivity contribution in [2.45, 2.75) is 34.6 Å². The fourth-order valence-corrected chi connectivity index (χ4v) is 2.58. The number of aryl methyl sites for hydroxylation is 3. The van der Waals surface area contributed by atoms with Gasteiger partial charge in [0.05, 0.1) is 16.9 Å². The van der Waals surface area contributed by atoms with Crippen LogP contribution in [-0.4, -0.2) is 9.78 Å². The van der Waals surface area contributed by atoms with Gasteiger partial charge in [0, 0.05) is 0 Å². The molecular weight excluding hydrogens is 246 g/mol. The Hall–Kier alpha value is -2.52. The molecule has 0 aliphatic rings. The molecule has 0 radical (unpaired) electrons. The third-order valence-corrected chi connectivity index (χ3v) is 3.32. The maximum Gasteiger partial charge on any atom is 0.178 e. The number of rotatable bonds is 1. The molecule has 0 aliphatic carbocycles. The number of hydrogen-bond donors (Lipinski definition) is 0. The Morgan fingerprint density at radius 2 is 1.70 bits per heavy atom. The molecule has 0 unspecified atom stereocenters. The van der Waals surface area contributed by atoms with Gasteiger partial charge >= 0.3 is 0 Å².